The third-order valence-corrected chi connectivity index (χ3v) is 5.74. The van der Waals surface area contributed by atoms with Crippen LogP contribution in [0.25, 0.3) is 0 Å². The molecule has 0 radical (unpaired) electrons. The molecule has 29 heavy (non-hydrogen) atoms. The Labute approximate surface area is 174 Å². The van der Waals surface area contributed by atoms with Gasteiger partial charge in [0, 0.05) is 7.11 Å². The number of fused-ring (bicyclic) bond motifs is 3. The summed E-state index contributed by atoms with van der Waals surface area (Å²) in [7, 11) is 1.54. The maximum atomic E-state index is 12.3. The minimum atomic E-state index is -1.28. The Morgan fingerprint density at radius 1 is 1.17 bits per heavy atom. The normalized spacial score (nSPS) is 39.6. The number of furan rings is 1. The van der Waals surface area contributed by atoms with Gasteiger partial charge in [0.15, 0.2) is 16.8 Å². The number of carbonyl (C=O) groups excluding carboxylic acids is 1. The van der Waals surface area contributed by atoms with Gasteiger partial charge >= 0.3 is 0 Å². The van der Waals surface area contributed by atoms with Gasteiger partial charge in [-0.15, -0.1) is 0 Å². The van der Waals surface area contributed by atoms with Crippen molar-refractivity contribution in [3.63, 3.8) is 0 Å². The van der Waals surface area contributed by atoms with Gasteiger partial charge in [0.05, 0.1) is 12.0 Å². The summed E-state index contributed by atoms with van der Waals surface area (Å²) in [5.41, 5.74) is 0. The molecule has 0 spiro atoms. The van der Waals surface area contributed by atoms with Gasteiger partial charge < -0.3 is 33.4 Å². The molecular weight excluding hydrogens is 402 g/mol. The lowest BCUT2D eigenvalue weighted by Gasteiger charge is -2.48. The van der Waals surface area contributed by atoms with Crippen molar-refractivity contribution >= 4 is 17.5 Å². The van der Waals surface area contributed by atoms with E-state index in [1.54, 1.807) is 46.9 Å². The molecule has 1 aromatic rings. The van der Waals surface area contributed by atoms with E-state index in [0.29, 0.717) is 5.76 Å². The summed E-state index contributed by atoms with van der Waals surface area (Å²) < 4.78 is 36.6. The fourth-order valence-electron chi connectivity index (χ4n) is 4.66. The fraction of sp³-hybridized carbons (Fsp3) is 0.650. The van der Waals surface area contributed by atoms with E-state index in [2.05, 4.69) is 11.9 Å². The summed E-state index contributed by atoms with van der Waals surface area (Å²) >= 11 is 6.06. The third kappa shape index (κ3) is 3.32. The van der Waals surface area contributed by atoms with Crippen LogP contribution in [0.1, 0.15) is 39.4 Å². The van der Waals surface area contributed by atoms with Crippen LogP contribution in [0.3, 0.4) is 0 Å². The maximum absolute atomic E-state index is 12.3. The van der Waals surface area contributed by atoms with Crippen LogP contribution in [0.4, 0.5) is 0 Å². The van der Waals surface area contributed by atoms with Gasteiger partial charge in [0.2, 0.25) is 11.7 Å². The number of rotatable bonds is 4. The highest BCUT2D eigenvalue weighted by Gasteiger charge is 2.73. The largest absolute Gasteiger partial charge is 0.449 e. The van der Waals surface area contributed by atoms with Gasteiger partial charge in [-0.05, 0) is 57.5 Å². The Balaban J connectivity index is 1.88. The van der Waals surface area contributed by atoms with E-state index >= 15 is 0 Å². The Bertz CT molecular complexity index is 822. The first-order valence-electron chi connectivity index (χ1n) is 9.49. The van der Waals surface area contributed by atoms with Crippen LogP contribution < -0.4 is 5.32 Å². The first-order chi connectivity index (χ1) is 13.5. The Hall–Kier alpha value is -1.42. The van der Waals surface area contributed by atoms with Gasteiger partial charge in [0.1, 0.15) is 24.1 Å². The molecule has 3 heterocycles. The van der Waals surface area contributed by atoms with Crippen LogP contribution >= 0.6 is 11.6 Å². The van der Waals surface area contributed by atoms with Gasteiger partial charge in [-0.1, -0.05) is 6.58 Å². The minimum Gasteiger partial charge on any atom is -0.449 e. The van der Waals surface area contributed by atoms with Crippen molar-refractivity contribution in [1.82, 2.24) is 5.32 Å². The summed E-state index contributed by atoms with van der Waals surface area (Å²) in [6.45, 7) is 10.7. The standard InChI is InChI=1S/C20H26ClNO7/c1-7-12(23)22-14-13(10-8-9-11(21)25-10)16-20(24-6,29-19(4,5)27-16)17-15(14)26-18(2,3)28-17/h7-9,13-17H,1H2,2-6H3,(H,22,23). The molecule has 3 fully saturated rings. The van der Waals surface area contributed by atoms with E-state index in [1.807, 2.05) is 0 Å². The molecule has 2 aliphatic heterocycles. The molecule has 6 atom stereocenters. The zero-order valence-corrected chi connectivity index (χ0v) is 17.8. The van der Waals surface area contributed by atoms with Crippen molar-refractivity contribution in [3.05, 3.63) is 35.8 Å². The summed E-state index contributed by atoms with van der Waals surface area (Å²) in [4.78, 5) is 12.3. The predicted molar refractivity (Wildman–Crippen MR) is 102 cm³/mol. The van der Waals surface area contributed by atoms with Crippen LogP contribution in [-0.2, 0) is 28.5 Å². The molecule has 0 aromatic carbocycles. The van der Waals surface area contributed by atoms with E-state index in [-0.39, 0.29) is 11.1 Å². The van der Waals surface area contributed by atoms with Crippen LogP contribution in [0.15, 0.2) is 29.2 Å². The van der Waals surface area contributed by atoms with E-state index in [0.717, 1.165) is 0 Å². The second kappa shape index (κ2) is 6.80. The first-order valence-corrected chi connectivity index (χ1v) is 9.87. The third-order valence-electron chi connectivity index (χ3n) is 5.54. The van der Waals surface area contributed by atoms with E-state index in [4.69, 9.17) is 39.7 Å². The lowest BCUT2D eigenvalue weighted by molar-refractivity contribution is -0.304. The molecule has 6 unspecified atom stereocenters. The number of nitrogens with one attached hydrogen (secondary N) is 1. The highest BCUT2D eigenvalue weighted by Crippen LogP contribution is 2.56. The SMILES string of the molecule is C=CC(=O)NC1C2OC(C)(C)OC2C2(OC)OC(C)(C)OC2C1c1ccc(Cl)o1. The first kappa shape index (κ1) is 20.8. The second-order valence-electron chi connectivity index (χ2n) is 8.39. The number of halogens is 1. The van der Waals surface area contributed by atoms with E-state index in [1.165, 1.54) is 6.08 Å². The quantitative estimate of drug-likeness (QED) is 0.739. The number of amides is 1. The van der Waals surface area contributed by atoms with Crippen molar-refractivity contribution in [2.24, 2.45) is 0 Å². The van der Waals surface area contributed by atoms with Crippen molar-refractivity contribution < 1.29 is 32.9 Å². The molecule has 160 valence electrons. The molecule has 1 aromatic heterocycles. The minimum absolute atomic E-state index is 0.223. The molecule has 0 bridgehead atoms. The van der Waals surface area contributed by atoms with E-state index < -0.39 is 47.6 Å². The zero-order valence-electron chi connectivity index (χ0n) is 17.1. The number of hydrogen-bond donors (Lipinski definition) is 1. The van der Waals surface area contributed by atoms with Crippen LogP contribution in [0.5, 0.6) is 0 Å². The molecule has 2 saturated heterocycles. The Kier molecular flexibility index (Phi) is 4.88. The van der Waals surface area contributed by atoms with Gasteiger partial charge in [-0.2, -0.15) is 0 Å². The smallest absolute Gasteiger partial charge is 0.243 e. The predicted octanol–water partition coefficient (Wildman–Crippen LogP) is 2.72. The monoisotopic (exact) mass is 427 g/mol. The molecular formula is C20H26ClNO7. The Morgan fingerprint density at radius 2 is 1.86 bits per heavy atom. The van der Waals surface area contributed by atoms with Gasteiger partial charge in [0.25, 0.3) is 0 Å². The van der Waals surface area contributed by atoms with Gasteiger partial charge in [-0.25, -0.2) is 0 Å². The van der Waals surface area contributed by atoms with Crippen molar-refractivity contribution in [2.45, 2.75) is 75.3 Å². The summed E-state index contributed by atoms with van der Waals surface area (Å²) in [5.74, 6) is -3.52. The molecule has 9 heteroatoms. The Morgan fingerprint density at radius 3 is 2.45 bits per heavy atom. The lowest BCUT2D eigenvalue weighted by atomic mass is 9.73. The number of ether oxygens (including phenoxy) is 5. The summed E-state index contributed by atoms with van der Waals surface area (Å²) in [5, 5.41) is 3.18. The van der Waals surface area contributed by atoms with Crippen LogP contribution in [0, 0.1) is 0 Å². The molecule has 1 N–H and O–H groups in total. The molecule has 1 amide bonds. The highest BCUT2D eigenvalue weighted by molar-refractivity contribution is 6.28. The summed E-state index contributed by atoms with van der Waals surface area (Å²) in [6.07, 6.45) is -0.725. The fourth-order valence-corrected chi connectivity index (χ4v) is 4.81. The molecule has 1 aliphatic carbocycles. The average molecular weight is 428 g/mol. The van der Waals surface area contributed by atoms with Crippen LogP contribution in [-0.4, -0.2) is 54.7 Å². The summed E-state index contributed by atoms with van der Waals surface area (Å²) in [6, 6.07) is 2.82. The molecule has 4 rings (SSSR count). The van der Waals surface area contributed by atoms with Gasteiger partial charge in [-0.3, -0.25) is 4.79 Å². The molecule has 8 nitrogen and oxygen atoms in total. The highest BCUT2D eigenvalue weighted by atomic mass is 35.5. The number of carbonyl (C=O) groups is 1. The number of hydrogen-bond acceptors (Lipinski definition) is 7. The maximum Gasteiger partial charge on any atom is 0.243 e. The van der Waals surface area contributed by atoms with Crippen molar-refractivity contribution in [3.8, 4) is 0 Å². The van der Waals surface area contributed by atoms with E-state index in [9.17, 15) is 4.79 Å². The molecule has 3 aliphatic rings. The van der Waals surface area contributed by atoms with Crippen LogP contribution in [0.2, 0.25) is 5.22 Å². The zero-order chi connectivity index (χ0) is 21.2. The van der Waals surface area contributed by atoms with Crippen molar-refractivity contribution in [2.75, 3.05) is 7.11 Å². The molecule has 1 saturated carbocycles. The number of methoxy groups -OCH3 is 1. The van der Waals surface area contributed by atoms with Crippen molar-refractivity contribution in [1.29, 1.82) is 0 Å². The topological polar surface area (TPSA) is 88.4 Å². The average Bonchev–Trinajstić information content (AvgIpc) is 3.28. The lowest BCUT2D eigenvalue weighted by Crippen LogP contribution is -2.69. The second-order valence-corrected chi connectivity index (χ2v) is 8.77.